The molecule has 0 atom stereocenters. The number of thiophene rings is 1. The van der Waals surface area contributed by atoms with Crippen molar-refractivity contribution < 1.29 is 4.79 Å². The standard InChI is InChI=1S/C21H26ClNOS/c1-2-3-4-11-21(20(22)24)12-9-16(10-13-21)18-8-7-17(15-23-18)19-6-5-14-25-19/h5-8,14-16H,2-4,9-13H2,1H3. The first-order valence-electron chi connectivity index (χ1n) is 9.34. The summed E-state index contributed by atoms with van der Waals surface area (Å²) in [6.45, 7) is 2.19. The van der Waals surface area contributed by atoms with Gasteiger partial charge in [-0.05, 0) is 61.2 Å². The van der Waals surface area contributed by atoms with Crippen LogP contribution in [0.1, 0.15) is 69.9 Å². The van der Waals surface area contributed by atoms with Crippen molar-refractivity contribution in [3.8, 4) is 10.4 Å². The number of pyridine rings is 1. The third kappa shape index (κ3) is 4.32. The second kappa shape index (κ2) is 8.46. The fraction of sp³-hybridized carbons (Fsp3) is 0.524. The van der Waals surface area contributed by atoms with Gasteiger partial charge in [0.25, 0.3) is 0 Å². The Kier molecular flexibility index (Phi) is 6.29. The lowest BCUT2D eigenvalue weighted by atomic mass is 9.68. The summed E-state index contributed by atoms with van der Waals surface area (Å²) in [5, 5.41) is 1.97. The lowest BCUT2D eigenvalue weighted by Gasteiger charge is -2.37. The van der Waals surface area contributed by atoms with Crippen molar-refractivity contribution in [2.45, 2.75) is 64.2 Å². The molecule has 2 heterocycles. The molecule has 0 aromatic carbocycles. The van der Waals surface area contributed by atoms with Crippen molar-refractivity contribution in [1.82, 2.24) is 4.98 Å². The molecule has 0 radical (unpaired) electrons. The Labute approximate surface area is 159 Å². The topological polar surface area (TPSA) is 30.0 Å². The highest BCUT2D eigenvalue weighted by atomic mass is 35.5. The summed E-state index contributed by atoms with van der Waals surface area (Å²) in [5.74, 6) is 0.452. The zero-order chi connectivity index (χ0) is 17.7. The molecule has 0 amide bonds. The Bertz CT molecular complexity index is 672. The van der Waals surface area contributed by atoms with Gasteiger partial charge in [-0.3, -0.25) is 9.78 Å². The number of rotatable bonds is 7. The van der Waals surface area contributed by atoms with Crippen LogP contribution < -0.4 is 0 Å². The van der Waals surface area contributed by atoms with Gasteiger partial charge in [-0.2, -0.15) is 0 Å². The number of aromatic nitrogens is 1. The Hall–Kier alpha value is -1.19. The van der Waals surface area contributed by atoms with Crippen LogP contribution in [0.25, 0.3) is 10.4 Å². The molecule has 1 aliphatic carbocycles. The van der Waals surface area contributed by atoms with E-state index in [2.05, 4.69) is 36.6 Å². The highest BCUT2D eigenvalue weighted by Crippen LogP contribution is 2.47. The molecule has 1 saturated carbocycles. The van der Waals surface area contributed by atoms with Crippen molar-refractivity contribution in [3.05, 3.63) is 41.5 Å². The molecule has 1 aliphatic rings. The smallest absolute Gasteiger partial charge is 0.227 e. The van der Waals surface area contributed by atoms with Crippen LogP contribution in [-0.2, 0) is 4.79 Å². The van der Waals surface area contributed by atoms with E-state index in [1.807, 2.05) is 6.20 Å². The van der Waals surface area contributed by atoms with E-state index in [1.54, 1.807) is 11.3 Å². The van der Waals surface area contributed by atoms with E-state index in [9.17, 15) is 4.79 Å². The molecule has 0 N–H and O–H groups in total. The van der Waals surface area contributed by atoms with Crippen LogP contribution in [-0.4, -0.2) is 10.2 Å². The van der Waals surface area contributed by atoms with Gasteiger partial charge in [-0.1, -0.05) is 38.3 Å². The maximum absolute atomic E-state index is 12.1. The summed E-state index contributed by atoms with van der Waals surface area (Å²) in [5.41, 5.74) is 2.05. The van der Waals surface area contributed by atoms with Crippen LogP contribution in [0, 0.1) is 5.41 Å². The van der Waals surface area contributed by atoms with Gasteiger partial charge in [0.1, 0.15) is 0 Å². The van der Waals surface area contributed by atoms with Crippen molar-refractivity contribution in [2.24, 2.45) is 5.41 Å². The van der Waals surface area contributed by atoms with Gasteiger partial charge in [-0.25, -0.2) is 0 Å². The maximum Gasteiger partial charge on any atom is 0.227 e. The highest BCUT2D eigenvalue weighted by Gasteiger charge is 2.40. The predicted molar refractivity (Wildman–Crippen MR) is 106 cm³/mol. The van der Waals surface area contributed by atoms with Gasteiger partial charge < -0.3 is 0 Å². The lowest BCUT2D eigenvalue weighted by molar-refractivity contribution is -0.123. The molecular formula is C21H26ClNOS. The molecule has 4 heteroatoms. The molecule has 0 aliphatic heterocycles. The molecule has 2 aromatic heterocycles. The van der Waals surface area contributed by atoms with Gasteiger partial charge >= 0.3 is 0 Å². The number of nitrogens with zero attached hydrogens (tertiary/aromatic N) is 1. The van der Waals surface area contributed by atoms with E-state index in [0.717, 1.165) is 44.2 Å². The second-order valence-corrected chi connectivity index (χ2v) is 8.53. The van der Waals surface area contributed by atoms with Crippen LogP contribution in [0.3, 0.4) is 0 Å². The van der Waals surface area contributed by atoms with Gasteiger partial charge in [0, 0.05) is 33.7 Å². The summed E-state index contributed by atoms with van der Waals surface area (Å²) in [4.78, 5) is 18.1. The quantitative estimate of drug-likeness (QED) is 0.393. The molecule has 2 nitrogen and oxygen atoms in total. The minimum atomic E-state index is -0.288. The van der Waals surface area contributed by atoms with Crippen molar-refractivity contribution in [1.29, 1.82) is 0 Å². The minimum Gasteiger partial charge on any atom is -0.281 e. The lowest BCUT2D eigenvalue weighted by Crippen LogP contribution is -2.32. The zero-order valence-corrected chi connectivity index (χ0v) is 16.4. The Morgan fingerprint density at radius 1 is 1.28 bits per heavy atom. The Balaban J connectivity index is 1.63. The van der Waals surface area contributed by atoms with Crippen molar-refractivity contribution in [3.63, 3.8) is 0 Å². The average molecular weight is 376 g/mol. The largest absolute Gasteiger partial charge is 0.281 e. The molecule has 0 bridgehead atoms. The maximum atomic E-state index is 12.1. The molecular weight excluding hydrogens is 350 g/mol. The molecule has 0 unspecified atom stereocenters. The molecule has 25 heavy (non-hydrogen) atoms. The number of halogens is 1. The Morgan fingerprint density at radius 2 is 2.08 bits per heavy atom. The molecule has 3 rings (SSSR count). The van der Waals surface area contributed by atoms with E-state index in [1.165, 1.54) is 23.3 Å². The molecule has 0 saturated heterocycles. The normalized spacial score (nSPS) is 23.5. The highest BCUT2D eigenvalue weighted by molar-refractivity contribution is 7.13. The summed E-state index contributed by atoms with van der Waals surface area (Å²) in [7, 11) is 0. The molecule has 1 fully saturated rings. The SMILES string of the molecule is CCCCCC1(C(=O)Cl)CCC(c2ccc(-c3cccs3)cn2)CC1. The molecule has 134 valence electrons. The van der Waals surface area contributed by atoms with Gasteiger partial charge in [0.15, 0.2) is 0 Å². The number of hydrogen-bond donors (Lipinski definition) is 0. The third-order valence-electron chi connectivity index (χ3n) is 5.63. The van der Waals surface area contributed by atoms with Gasteiger partial charge in [-0.15, -0.1) is 11.3 Å². The van der Waals surface area contributed by atoms with E-state index in [0.29, 0.717) is 5.92 Å². The first-order chi connectivity index (χ1) is 12.1. The molecule has 0 spiro atoms. The number of unbranched alkanes of at least 4 members (excludes halogenated alkanes) is 2. The fourth-order valence-corrected chi connectivity index (χ4v) is 4.96. The van der Waals surface area contributed by atoms with E-state index >= 15 is 0 Å². The van der Waals surface area contributed by atoms with E-state index in [4.69, 9.17) is 16.6 Å². The van der Waals surface area contributed by atoms with Crippen LogP contribution >= 0.6 is 22.9 Å². The van der Waals surface area contributed by atoms with Crippen molar-refractivity contribution >= 4 is 28.2 Å². The minimum absolute atomic E-state index is 0.122. The summed E-state index contributed by atoms with van der Waals surface area (Å²) >= 11 is 7.75. The zero-order valence-electron chi connectivity index (χ0n) is 14.8. The van der Waals surface area contributed by atoms with Crippen LogP contribution in [0.5, 0.6) is 0 Å². The number of hydrogen-bond acceptors (Lipinski definition) is 3. The third-order valence-corrected chi connectivity index (χ3v) is 6.95. The monoisotopic (exact) mass is 375 g/mol. The van der Waals surface area contributed by atoms with E-state index in [-0.39, 0.29) is 10.7 Å². The predicted octanol–water partition coefficient (Wildman–Crippen LogP) is 6.80. The van der Waals surface area contributed by atoms with Crippen LogP contribution in [0.2, 0.25) is 0 Å². The summed E-state index contributed by atoms with van der Waals surface area (Å²) in [6.07, 6.45) is 10.2. The summed E-state index contributed by atoms with van der Waals surface area (Å²) in [6, 6.07) is 8.52. The van der Waals surface area contributed by atoms with E-state index < -0.39 is 0 Å². The first-order valence-corrected chi connectivity index (χ1v) is 10.6. The van der Waals surface area contributed by atoms with Gasteiger partial charge in [0.05, 0.1) is 0 Å². The fourth-order valence-electron chi connectivity index (χ4n) is 3.96. The molecule has 2 aromatic rings. The first kappa shape index (κ1) is 18.6. The van der Waals surface area contributed by atoms with Gasteiger partial charge in [0.2, 0.25) is 5.24 Å². The van der Waals surface area contributed by atoms with Crippen LogP contribution in [0.4, 0.5) is 0 Å². The second-order valence-electron chi connectivity index (χ2n) is 7.23. The van der Waals surface area contributed by atoms with Crippen molar-refractivity contribution in [2.75, 3.05) is 0 Å². The number of carbonyl (C=O) groups is 1. The summed E-state index contributed by atoms with van der Waals surface area (Å²) < 4.78 is 0. The van der Waals surface area contributed by atoms with Crippen LogP contribution in [0.15, 0.2) is 35.8 Å². The average Bonchev–Trinajstić information content (AvgIpc) is 3.17. The number of carbonyl (C=O) groups excluding carboxylic acids is 1. The Morgan fingerprint density at radius 3 is 2.64 bits per heavy atom.